The molecule has 0 aromatic heterocycles. The van der Waals surface area contributed by atoms with Gasteiger partial charge in [0.15, 0.2) is 0 Å². The van der Waals surface area contributed by atoms with Gasteiger partial charge in [0.25, 0.3) is 0 Å². The SMILES string of the molecule is CC1CCN(CCC(=O)Nc2cccc(C#N)c2)C1CO. The van der Waals surface area contributed by atoms with E-state index in [-0.39, 0.29) is 18.6 Å². The molecule has 2 rings (SSSR count). The van der Waals surface area contributed by atoms with E-state index >= 15 is 0 Å². The average Bonchev–Trinajstić information content (AvgIpc) is 2.85. The number of likely N-dealkylation sites (tertiary alicyclic amines) is 1. The maximum absolute atomic E-state index is 12.0. The van der Waals surface area contributed by atoms with Crippen molar-refractivity contribution in [1.29, 1.82) is 5.26 Å². The van der Waals surface area contributed by atoms with Gasteiger partial charge in [0.2, 0.25) is 5.91 Å². The van der Waals surface area contributed by atoms with Crippen molar-refractivity contribution in [3.63, 3.8) is 0 Å². The lowest BCUT2D eigenvalue weighted by molar-refractivity contribution is -0.116. The number of hydrogen-bond acceptors (Lipinski definition) is 4. The second-order valence-electron chi connectivity index (χ2n) is 5.54. The van der Waals surface area contributed by atoms with Crippen molar-refractivity contribution >= 4 is 11.6 Å². The number of nitriles is 1. The van der Waals surface area contributed by atoms with Crippen molar-refractivity contribution < 1.29 is 9.90 Å². The van der Waals surface area contributed by atoms with Crippen molar-refractivity contribution in [2.75, 3.05) is 25.0 Å². The second kappa shape index (κ2) is 7.21. The van der Waals surface area contributed by atoms with Crippen LogP contribution < -0.4 is 5.32 Å². The number of carbonyl (C=O) groups is 1. The highest BCUT2D eigenvalue weighted by Gasteiger charge is 2.30. The summed E-state index contributed by atoms with van der Waals surface area (Å²) in [4.78, 5) is 14.1. The molecule has 0 bridgehead atoms. The lowest BCUT2D eigenvalue weighted by atomic mass is 10.0. The summed E-state index contributed by atoms with van der Waals surface area (Å²) in [6, 6.07) is 9.09. The molecule has 1 saturated heterocycles. The molecule has 2 unspecified atom stereocenters. The summed E-state index contributed by atoms with van der Waals surface area (Å²) in [5.74, 6) is 0.409. The molecule has 0 radical (unpaired) electrons. The predicted octanol–water partition coefficient (Wildman–Crippen LogP) is 1.59. The predicted molar refractivity (Wildman–Crippen MR) is 80.6 cm³/mol. The Hall–Kier alpha value is -1.90. The first-order valence-corrected chi connectivity index (χ1v) is 7.29. The van der Waals surface area contributed by atoms with Crippen LogP contribution in [0.15, 0.2) is 24.3 Å². The van der Waals surface area contributed by atoms with Crippen LogP contribution in [-0.2, 0) is 4.79 Å². The number of nitrogens with one attached hydrogen (secondary N) is 1. The average molecular weight is 287 g/mol. The molecular formula is C16H21N3O2. The van der Waals surface area contributed by atoms with Crippen molar-refractivity contribution in [3.05, 3.63) is 29.8 Å². The summed E-state index contributed by atoms with van der Waals surface area (Å²) < 4.78 is 0. The molecule has 1 amide bonds. The summed E-state index contributed by atoms with van der Waals surface area (Å²) in [5, 5.41) is 21.0. The van der Waals surface area contributed by atoms with Gasteiger partial charge in [-0.15, -0.1) is 0 Å². The standard InChI is InChI=1S/C16H21N3O2/c1-12-5-7-19(15(12)11-20)8-6-16(21)18-14-4-2-3-13(9-14)10-17/h2-4,9,12,15,20H,5-8,11H2,1H3,(H,18,21). The molecule has 1 aliphatic rings. The Morgan fingerprint density at radius 2 is 2.38 bits per heavy atom. The Morgan fingerprint density at radius 3 is 3.10 bits per heavy atom. The molecule has 5 heteroatoms. The molecule has 112 valence electrons. The molecule has 1 heterocycles. The highest BCUT2D eigenvalue weighted by Crippen LogP contribution is 2.23. The fourth-order valence-electron chi connectivity index (χ4n) is 2.80. The zero-order valence-electron chi connectivity index (χ0n) is 12.2. The summed E-state index contributed by atoms with van der Waals surface area (Å²) >= 11 is 0. The molecule has 1 aromatic carbocycles. The largest absolute Gasteiger partial charge is 0.395 e. The van der Waals surface area contributed by atoms with Crippen LogP contribution in [0.25, 0.3) is 0 Å². The molecular weight excluding hydrogens is 266 g/mol. The fraction of sp³-hybridized carbons (Fsp3) is 0.500. The van der Waals surface area contributed by atoms with E-state index < -0.39 is 0 Å². The zero-order chi connectivity index (χ0) is 15.2. The number of amides is 1. The Morgan fingerprint density at radius 1 is 1.57 bits per heavy atom. The third-order valence-corrected chi connectivity index (χ3v) is 4.09. The molecule has 0 spiro atoms. The van der Waals surface area contributed by atoms with Crippen LogP contribution in [0.5, 0.6) is 0 Å². The first kappa shape index (κ1) is 15.5. The van der Waals surface area contributed by atoms with Crippen LogP contribution in [0.4, 0.5) is 5.69 Å². The minimum absolute atomic E-state index is 0.0682. The minimum atomic E-state index is -0.0682. The number of rotatable bonds is 5. The number of hydrogen-bond donors (Lipinski definition) is 2. The van der Waals surface area contributed by atoms with Gasteiger partial charge < -0.3 is 10.4 Å². The first-order chi connectivity index (χ1) is 10.1. The van der Waals surface area contributed by atoms with Crippen LogP contribution in [0.2, 0.25) is 0 Å². The van der Waals surface area contributed by atoms with Gasteiger partial charge in [-0.25, -0.2) is 0 Å². The van der Waals surface area contributed by atoms with Gasteiger partial charge in [0.05, 0.1) is 18.2 Å². The Labute approximate surface area is 125 Å². The molecule has 0 saturated carbocycles. The molecule has 2 N–H and O–H groups in total. The maximum atomic E-state index is 12.0. The monoisotopic (exact) mass is 287 g/mol. The fourth-order valence-corrected chi connectivity index (χ4v) is 2.80. The smallest absolute Gasteiger partial charge is 0.225 e. The summed E-state index contributed by atoms with van der Waals surface area (Å²) in [6.45, 7) is 3.87. The second-order valence-corrected chi connectivity index (χ2v) is 5.54. The van der Waals surface area contributed by atoms with E-state index in [2.05, 4.69) is 17.1 Å². The van der Waals surface area contributed by atoms with E-state index in [9.17, 15) is 9.90 Å². The first-order valence-electron chi connectivity index (χ1n) is 7.29. The number of anilines is 1. The lowest BCUT2D eigenvalue weighted by Crippen LogP contribution is -2.37. The van der Waals surface area contributed by atoms with Crippen molar-refractivity contribution in [1.82, 2.24) is 4.90 Å². The van der Waals surface area contributed by atoms with Gasteiger partial charge in [-0.2, -0.15) is 5.26 Å². The van der Waals surface area contributed by atoms with Gasteiger partial charge >= 0.3 is 0 Å². The lowest BCUT2D eigenvalue weighted by Gasteiger charge is -2.24. The number of aliphatic hydroxyl groups is 1. The van der Waals surface area contributed by atoms with Gasteiger partial charge in [0.1, 0.15) is 0 Å². The van der Waals surface area contributed by atoms with Crippen LogP contribution in [0, 0.1) is 17.2 Å². The van der Waals surface area contributed by atoms with Crippen molar-refractivity contribution in [3.8, 4) is 6.07 Å². The third-order valence-electron chi connectivity index (χ3n) is 4.09. The van der Waals surface area contributed by atoms with Crippen molar-refractivity contribution in [2.45, 2.75) is 25.8 Å². The topological polar surface area (TPSA) is 76.4 Å². The maximum Gasteiger partial charge on any atom is 0.225 e. The minimum Gasteiger partial charge on any atom is -0.395 e. The van der Waals surface area contributed by atoms with E-state index in [0.29, 0.717) is 30.1 Å². The van der Waals surface area contributed by atoms with E-state index in [1.54, 1.807) is 24.3 Å². The van der Waals surface area contributed by atoms with Crippen molar-refractivity contribution in [2.24, 2.45) is 5.92 Å². The Balaban J connectivity index is 1.84. The summed E-state index contributed by atoms with van der Waals surface area (Å²) in [6.07, 6.45) is 1.46. The van der Waals surface area contributed by atoms with Crippen LogP contribution in [-0.4, -0.2) is 41.7 Å². The number of nitrogens with zero attached hydrogens (tertiary/aromatic N) is 2. The molecule has 1 fully saturated rings. The Kier molecular flexibility index (Phi) is 5.32. The highest BCUT2D eigenvalue weighted by atomic mass is 16.3. The zero-order valence-corrected chi connectivity index (χ0v) is 12.2. The number of carbonyl (C=O) groups excluding carboxylic acids is 1. The Bertz CT molecular complexity index is 539. The number of aliphatic hydroxyl groups excluding tert-OH is 1. The van der Waals surface area contributed by atoms with Gasteiger partial charge in [-0.05, 0) is 37.1 Å². The molecule has 5 nitrogen and oxygen atoms in total. The summed E-state index contributed by atoms with van der Waals surface area (Å²) in [7, 11) is 0. The van der Waals surface area contributed by atoms with Crippen LogP contribution >= 0.6 is 0 Å². The van der Waals surface area contributed by atoms with Crippen LogP contribution in [0.3, 0.4) is 0 Å². The number of benzene rings is 1. The molecule has 0 aliphatic carbocycles. The van der Waals surface area contributed by atoms with E-state index in [0.717, 1.165) is 13.0 Å². The normalized spacial score (nSPS) is 22.0. The quantitative estimate of drug-likeness (QED) is 0.862. The summed E-state index contributed by atoms with van der Waals surface area (Å²) in [5.41, 5.74) is 1.18. The van der Waals surface area contributed by atoms with Gasteiger partial charge in [0, 0.05) is 24.7 Å². The van der Waals surface area contributed by atoms with E-state index in [4.69, 9.17) is 5.26 Å². The third kappa shape index (κ3) is 4.03. The molecule has 1 aliphatic heterocycles. The highest BCUT2D eigenvalue weighted by molar-refractivity contribution is 5.90. The van der Waals surface area contributed by atoms with Crippen LogP contribution in [0.1, 0.15) is 25.3 Å². The molecule has 1 aromatic rings. The molecule has 2 atom stereocenters. The van der Waals surface area contributed by atoms with Gasteiger partial charge in [-0.1, -0.05) is 13.0 Å². The van der Waals surface area contributed by atoms with E-state index in [1.165, 1.54) is 0 Å². The van der Waals surface area contributed by atoms with E-state index in [1.807, 2.05) is 6.07 Å². The van der Waals surface area contributed by atoms with Gasteiger partial charge in [-0.3, -0.25) is 9.69 Å². The molecule has 21 heavy (non-hydrogen) atoms.